The average Bonchev–Trinajstić information content (AvgIpc) is 2.42. The molecule has 0 unspecified atom stereocenters. The fraction of sp³-hybridized carbons (Fsp3) is 0.312. The summed E-state index contributed by atoms with van der Waals surface area (Å²) in [4.78, 5) is 6.48. The smallest absolute Gasteiger partial charge is 0.0573 e. The number of rotatable bonds is 5. The van der Waals surface area contributed by atoms with E-state index in [0.717, 1.165) is 24.5 Å². The Labute approximate surface area is 115 Å². The van der Waals surface area contributed by atoms with E-state index in [1.165, 1.54) is 11.1 Å². The molecule has 19 heavy (non-hydrogen) atoms. The zero-order chi connectivity index (χ0) is 13.7. The lowest BCUT2D eigenvalue weighted by molar-refractivity contribution is 0.917. The first-order valence-corrected chi connectivity index (χ1v) is 6.64. The van der Waals surface area contributed by atoms with Crippen molar-refractivity contribution in [2.24, 2.45) is 0 Å². The third-order valence-electron chi connectivity index (χ3n) is 3.09. The van der Waals surface area contributed by atoms with Gasteiger partial charge in [-0.05, 0) is 25.5 Å². The molecule has 2 rings (SSSR count). The number of hydrogen-bond donors (Lipinski definition) is 1. The highest BCUT2D eigenvalue weighted by Crippen LogP contribution is 2.18. The molecule has 1 aromatic heterocycles. The van der Waals surface area contributed by atoms with Crippen molar-refractivity contribution in [3.8, 4) is 0 Å². The summed E-state index contributed by atoms with van der Waals surface area (Å²) in [6.45, 7) is 5.99. The first kappa shape index (κ1) is 13.4. The van der Waals surface area contributed by atoms with Crippen molar-refractivity contribution in [1.82, 2.24) is 4.98 Å². The Morgan fingerprint density at radius 3 is 2.58 bits per heavy atom. The van der Waals surface area contributed by atoms with Crippen LogP contribution in [-0.4, -0.2) is 18.6 Å². The Balaban J connectivity index is 2.08. The van der Waals surface area contributed by atoms with Gasteiger partial charge in [0.2, 0.25) is 0 Å². The zero-order valence-corrected chi connectivity index (χ0v) is 11.9. The van der Waals surface area contributed by atoms with Crippen LogP contribution in [0.15, 0.2) is 42.7 Å². The number of aromatic nitrogens is 1. The molecule has 3 nitrogen and oxygen atoms in total. The first-order chi connectivity index (χ1) is 9.19. The van der Waals surface area contributed by atoms with Gasteiger partial charge in [0.15, 0.2) is 0 Å². The highest BCUT2D eigenvalue weighted by atomic mass is 15.1. The molecule has 100 valence electrons. The minimum atomic E-state index is 0.886. The maximum absolute atomic E-state index is 4.28. The van der Waals surface area contributed by atoms with E-state index >= 15 is 0 Å². The van der Waals surface area contributed by atoms with Crippen LogP contribution >= 0.6 is 0 Å². The van der Waals surface area contributed by atoms with Crippen LogP contribution in [0.25, 0.3) is 0 Å². The first-order valence-electron chi connectivity index (χ1n) is 6.64. The van der Waals surface area contributed by atoms with Gasteiger partial charge >= 0.3 is 0 Å². The third kappa shape index (κ3) is 3.71. The van der Waals surface area contributed by atoms with Crippen molar-refractivity contribution in [2.45, 2.75) is 20.4 Å². The summed E-state index contributed by atoms with van der Waals surface area (Å²) in [5.74, 6) is 0. The number of pyridine rings is 1. The Morgan fingerprint density at radius 1 is 1.16 bits per heavy atom. The Bertz CT molecular complexity index is 520. The SMILES string of the molecule is CCNc1cncc(N(C)Cc2ccc(C)cc2)c1. The highest BCUT2D eigenvalue weighted by Gasteiger charge is 2.03. The molecule has 0 radical (unpaired) electrons. The number of anilines is 2. The molecule has 1 aromatic carbocycles. The quantitative estimate of drug-likeness (QED) is 0.887. The van der Waals surface area contributed by atoms with Crippen molar-refractivity contribution < 1.29 is 0 Å². The predicted octanol–water partition coefficient (Wildman–Crippen LogP) is 3.46. The Hall–Kier alpha value is -2.03. The van der Waals surface area contributed by atoms with Crippen LogP contribution in [0.4, 0.5) is 11.4 Å². The summed E-state index contributed by atoms with van der Waals surface area (Å²) in [5, 5.41) is 3.28. The molecule has 0 atom stereocenters. The number of nitrogens with one attached hydrogen (secondary N) is 1. The van der Waals surface area contributed by atoms with E-state index in [0.29, 0.717) is 0 Å². The summed E-state index contributed by atoms with van der Waals surface area (Å²) in [6, 6.07) is 10.8. The maximum Gasteiger partial charge on any atom is 0.0573 e. The normalized spacial score (nSPS) is 10.3. The van der Waals surface area contributed by atoms with Crippen molar-refractivity contribution in [3.05, 3.63) is 53.9 Å². The summed E-state index contributed by atoms with van der Waals surface area (Å²) in [5.41, 5.74) is 4.79. The molecular formula is C16H21N3. The molecule has 3 heteroatoms. The second-order valence-electron chi connectivity index (χ2n) is 4.80. The average molecular weight is 255 g/mol. The highest BCUT2D eigenvalue weighted by molar-refractivity contribution is 5.55. The van der Waals surface area contributed by atoms with Crippen LogP contribution in [-0.2, 0) is 6.54 Å². The standard InChI is InChI=1S/C16H21N3/c1-4-18-15-9-16(11-17-10-15)19(3)12-14-7-5-13(2)6-8-14/h5-11,18H,4,12H2,1-3H3. The van der Waals surface area contributed by atoms with Crippen LogP contribution in [0.5, 0.6) is 0 Å². The van der Waals surface area contributed by atoms with Crippen molar-refractivity contribution in [1.29, 1.82) is 0 Å². The van der Waals surface area contributed by atoms with Crippen LogP contribution in [0.2, 0.25) is 0 Å². The van der Waals surface area contributed by atoms with E-state index < -0.39 is 0 Å². The molecular weight excluding hydrogens is 234 g/mol. The molecule has 0 aliphatic carbocycles. The van der Waals surface area contributed by atoms with Gasteiger partial charge in [-0.1, -0.05) is 29.8 Å². The van der Waals surface area contributed by atoms with Gasteiger partial charge < -0.3 is 10.2 Å². The molecule has 2 aromatic rings. The van der Waals surface area contributed by atoms with Crippen LogP contribution in [0.3, 0.4) is 0 Å². The van der Waals surface area contributed by atoms with E-state index in [-0.39, 0.29) is 0 Å². The third-order valence-corrected chi connectivity index (χ3v) is 3.09. The molecule has 0 aliphatic heterocycles. The maximum atomic E-state index is 4.28. The fourth-order valence-electron chi connectivity index (χ4n) is 2.00. The summed E-state index contributed by atoms with van der Waals surface area (Å²) >= 11 is 0. The molecule has 0 aliphatic rings. The fourth-order valence-corrected chi connectivity index (χ4v) is 2.00. The minimum absolute atomic E-state index is 0.886. The van der Waals surface area contributed by atoms with Gasteiger partial charge in [-0.3, -0.25) is 4.98 Å². The number of benzene rings is 1. The lowest BCUT2D eigenvalue weighted by Crippen LogP contribution is -2.16. The number of hydrogen-bond acceptors (Lipinski definition) is 3. The topological polar surface area (TPSA) is 28.2 Å². The second kappa shape index (κ2) is 6.23. The lowest BCUT2D eigenvalue weighted by Gasteiger charge is -2.20. The van der Waals surface area contributed by atoms with Crippen molar-refractivity contribution in [3.63, 3.8) is 0 Å². The van der Waals surface area contributed by atoms with Gasteiger partial charge in [0.1, 0.15) is 0 Å². The van der Waals surface area contributed by atoms with Crippen molar-refractivity contribution >= 4 is 11.4 Å². The van der Waals surface area contributed by atoms with Gasteiger partial charge in [0, 0.05) is 20.1 Å². The van der Waals surface area contributed by atoms with Crippen molar-refractivity contribution in [2.75, 3.05) is 23.8 Å². The molecule has 0 amide bonds. The van der Waals surface area contributed by atoms with E-state index in [1.54, 1.807) is 0 Å². The van der Waals surface area contributed by atoms with Gasteiger partial charge in [0.25, 0.3) is 0 Å². The van der Waals surface area contributed by atoms with Crippen LogP contribution < -0.4 is 10.2 Å². The molecule has 0 fully saturated rings. The molecule has 0 saturated carbocycles. The monoisotopic (exact) mass is 255 g/mol. The largest absolute Gasteiger partial charge is 0.384 e. The number of nitrogens with zero attached hydrogens (tertiary/aromatic N) is 2. The lowest BCUT2D eigenvalue weighted by atomic mass is 10.1. The van der Waals surface area contributed by atoms with E-state index in [4.69, 9.17) is 0 Å². The molecule has 0 spiro atoms. The number of aryl methyl sites for hydroxylation is 1. The van der Waals surface area contributed by atoms with E-state index in [9.17, 15) is 0 Å². The second-order valence-corrected chi connectivity index (χ2v) is 4.80. The summed E-state index contributed by atoms with van der Waals surface area (Å²) < 4.78 is 0. The van der Waals surface area contributed by atoms with Gasteiger partial charge in [-0.15, -0.1) is 0 Å². The van der Waals surface area contributed by atoms with E-state index in [1.807, 2.05) is 12.4 Å². The summed E-state index contributed by atoms with van der Waals surface area (Å²) in [6.07, 6.45) is 3.75. The Kier molecular flexibility index (Phi) is 4.39. The van der Waals surface area contributed by atoms with Crippen LogP contribution in [0, 0.1) is 6.92 Å². The Morgan fingerprint density at radius 2 is 1.89 bits per heavy atom. The van der Waals surface area contributed by atoms with Gasteiger partial charge in [-0.25, -0.2) is 0 Å². The predicted molar refractivity (Wildman–Crippen MR) is 81.7 cm³/mol. The minimum Gasteiger partial charge on any atom is -0.384 e. The molecule has 0 bridgehead atoms. The molecule has 0 saturated heterocycles. The van der Waals surface area contributed by atoms with Crippen LogP contribution in [0.1, 0.15) is 18.1 Å². The zero-order valence-electron chi connectivity index (χ0n) is 11.9. The van der Waals surface area contributed by atoms with Gasteiger partial charge in [0.05, 0.1) is 23.8 Å². The van der Waals surface area contributed by atoms with E-state index in [2.05, 4.69) is 66.4 Å². The molecule has 1 heterocycles. The molecule has 1 N–H and O–H groups in total. The summed E-state index contributed by atoms with van der Waals surface area (Å²) in [7, 11) is 2.09. The van der Waals surface area contributed by atoms with Gasteiger partial charge in [-0.2, -0.15) is 0 Å².